The summed E-state index contributed by atoms with van der Waals surface area (Å²) < 4.78 is 2.01. The molecule has 0 spiro atoms. The lowest BCUT2D eigenvalue weighted by molar-refractivity contribution is -0.0245. The summed E-state index contributed by atoms with van der Waals surface area (Å²) in [5, 5.41) is 21.9. The third kappa shape index (κ3) is 2.94. The van der Waals surface area contributed by atoms with Crippen molar-refractivity contribution < 1.29 is 5.11 Å². The van der Waals surface area contributed by atoms with Gasteiger partial charge in [-0.05, 0) is 56.9 Å². The van der Waals surface area contributed by atoms with Crippen LogP contribution >= 0.6 is 11.6 Å². The Bertz CT molecular complexity index is 840. The summed E-state index contributed by atoms with van der Waals surface area (Å²) in [7, 11) is 0. The van der Waals surface area contributed by atoms with E-state index in [1.165, 1.54) is 12.8 Å². The number of aliphatic hydroxyl groups is 1. The molecule has 1 aromatic carbocycles. The molecule has 2 aliphatic rings. The molecule has 5 heteroatoms. The number of benzene rings is 1. The summed E-state index contributed by atoms with van der Waals surface area (Å²) in [6.07, 6.45) is 4.72. The SMILES string of the molecule is Cc1nc(C2(O)CCC(C#N)(c3ccccc3)CC2)n(CC2CC2)c1Cl. The maximum Gasteiger partial charge on any atom is 0.142 e. The topological polar surface area (TPSA) is 61.8 Å². The second kappa shape index (κ2) is 6.40. The first-order chi connectivity index (χ1) is 12.5. The molecule has 2 aliphatic carbocycles. The Morgan fingerprint density at radius 3 is 2.46 bits per heavy atom. The van der Waals surface area contributed by atoms with Gasteiger partial charge in [0.05, 0.1) is 17.2 Å². The molecule has 136 valence electrons. The quantitative estimate of drug-likeness (QED) is 0.864. The van der Waals surface area contributed by atoms with Gasteiger partial charge in [-0.15, -0.1) is 0 Å². The first kappa shape index (κ1) is 17.6. The van der Waals surface area contributed by atoms with Gasteiger partial charge < -0.3 is 9.67 Å². The molecule has 0 unspecified atom stereocenters. The summed E-state index contributed by atoms with van der Waals surface area (Å²) in [6.45, 7) is 2.73. The van der Waals surface area contributed by atoms with Crippen LogP contribution in [0, 0.1) is 24.2 Å². The van der Waals surface area contributed by atoms with Crippen molar-refractivity contribution in [1.82, 2.24) is 9.55 Å². The number of aryl methyl sites for hydroxylation is 1. The van der Waals surface area contributed by atoms with Gasteiger partial charge in [-0.2, -0.15) is 5.26 Å². The minimum absolute atomic E-state index is 0.521. The van der Waals surface area contributed by atoms with Gasteiger partial charge in [0.2, 0.25) is 0 Å². The normalized spacial score (nSPS) is 28.7. The Balaban J connectivity index is 1.62. The van der Waals surface area contributed by atoms with Crippen molar-refractivity contribution in [2.75, 3.05) is 0 Å². The fourth-order valence-electron chi connectivity index (χ4n) is 4.17. The van der Waals surface area contributed by atoms with Crippen molar-refractivity contribution in [2.45, 2.75) is 63.0 Å². The summed E-state index contributed by atoms with van der Waals surface area (Å²) >= 11 is 6.48. The molecule has 0 atom stereocenters. The van der Waals surface area contributed by atoms with Gasteiger partial charge in [0.1, 0.15) is 16.6 Å². The van der Waals surface area contributed by atoms with E-state index in [0.717, 1.165) is 17.8 Å². The maximum absolute atomic E-state index is 11.4. The zero-order valence-corrected chi connectivity index (χ0v) is 15.8. The lowest BCUT2D eigenvalue weighted by Gasteiger charge is -2.40. The van der Waals surface area contributed by atoms with E-state index in [1.807, 2.05) is 41.8 Å². The lowest BCUT2D eigenvalue weighted by atomic mass is 9.66. The van der Waals surface area contributed by atoms with Crippen molar-refractivity contribution >= 4 is 11.6 Å². The number of nitrogens with zero attached hydrogens (tertiary/aromatic N) is 3. The van der Waals surface area contributed by atoms with Crippen LogP contribution in [0.2, 0.25) is 5.15 Å². The molecule has 2 aromatic rings. The third-order valence-corrected chi connectivity index (χ3v) is 6.57. The average Bonchev–Trinajstić information content (AvgIpc) is 3.44. The highest BCUT2D eigenvalue weighted by Gasteiger charge is 2.46. The van der Waals surface area contributed by atoms with E-state index in [0.29, 0.717) is 42.6 Å². The number of aromatic nitrogens is 2. The molecule has 0 saturated heterocycles. The Hall–Kier alpha value is -1.83. The van der Waals surface area contributed by atoms with E-state index in [-0.39, 0.29) is 0 Å². The van der Waals surface area contributed by atoms with Gasteiger partial charge >= 0.3 is 0 Å². The van der Waals surface area contributed by atoms with Crippen LogP contribution in [0.5, 0.6) is 0 Å². The molecule has 4 nitrogen and oxygen atoms in total. The molecule has 2 saturated carbocycles. The van der Waals surface area contributed by atoms with Gasteiger partial charge in [0.15, 0.2) is 0 Å². The number of hydrogen-bond donors (Lipinski definition) is 1. The summed E-state index contributed by atoms with van der Waals surface area (Å²) in [4.78, 5) is 4.63. The zero-order chi connectivity index (χ0) is 18.4. The molecule has 2 fully saturated rings. The predicted octanol–water partition coefficient (Wildman–Crippen LogP) is 4.48. The van der Waals surface area contributed by atoms with Crippen molar-refractivity contribution in [3.8, 4) is 6.07 Å². The molecule has 1 heterocycles. The van der Waals surface area contributed by atoms with E-state index in [2.05, 4.69) is 11.1 Å². The molecule has 4 rings (SSSR count). The van der Waals surface area contributed by atoms with Crippen molar-refractivity contribution in [2.24, 2.45) is 5.92 Å². The minimum atomic E-state index is -1.01. The van der Waals surface area contributed by atoms with E-state index in [9.17, 15) is 10.4 Å². The smallest absolute Gasteiger partial charge is 0.142 e. The largest absolute Gasteiger partial charge is 0.382 e. The Labute approximate surface area is 159 Å². The van der Waals surface area contributed by atoms with Crippen LogP contribution in [0.25, 0.3) is 0 Å². The van der Waals surface area contributed by atoms with Gasteiger partial charge in [0.25, 0.3) is 0 Å². The second-order valence-electron chi connectivity index (χ2n) is 7.96. The Morgan fingerprint density at radius 1 is 1.23 bits per heavy atom. The average molecular weight is 370 g/mol. The number of imidazole rings is 1. The van der Waals surface area contributed by atoms with E-state index in [1.54, 1.807) is 0 Å². The van der Waals surface area contributed by atoms with Crippen molar-refractivity contribution in [3.63, 3.8) is 0 Å². The first-order valence-corrected chi connectivity index (χ1v) is 9.77. The van der Waals surface area contributed by atoms with Crippen LogP contribution in [0.15, 0.2) is 30.3 Å². The standard InChI is InChI=1S/C21H24ClN3O/c1-15-18(22)25(13-16-7-8-16)19(24-15)21(26)11-9-20(14-23,10-12-21)17-5-3-2-4-6-17/h2-6,16,26H,7-13H2,1H3. The fourth-order valence-corrected chi connectivity index (χ4v) is 4.36. The van der Waals surface area contributed by atoms with Gasteiger partial charge in [0, 0.05) is 6.54 Å². The van der Waals surface area contributed by atoms with Crippen LogP contribution < -0.4 is 0 Å². The summed E-state index contributed by atoms with van der Waals surface area (Å²) in [5.74, 6) is 1.33. The van der Waals surface area contributed by atoms with E-state index in [4.69, 9.17) is 11.6 Å². The molecular weight excluding hydrogens is 346 g/mol. The molecule has 0 amide bonds. The minimum Gasteiger partial charge on any atom is -0.382 e. The van der Waals surface area contributed by atoms with Crippen molar-refractivity contribution in [3.05, 3.63) is 52.6 Å². The maximum atomic E-state index is 11.4. The number of nitriles is 1. The molecule has 0 bridgehead atoms. The number of halogens is 1. The van der Waals surface area contributed by atoms with Crippen LogP contribution in [-0.4, -0.2) is 14.7 Å². The summed E-state index contributed by atoms with van der Waals surface area (Å²) in [6, 6.07) is 12.5. The Morgan fingerprint density at radius 2 is 1.88 bits per heavy atom. The highest BCUT2D eigenvalue weighted by molar-refractivity contribution is 6.30. The van der Waals surface area contributed by atoms with Gasteiger partial charge in [-0.3, -0.25) is 0 Å². The zero-order valence-electron chi connectivity index (χ0n) is 15.1. The van der Waals surface area contributed by atoms with Crippen LogP contribution in [0.3, 0.4) is 0 Å². The van der Waals surface area contributed by atoms with Crippen LogP contribution in [0.1, 0.15) is 55.6 Å². The summed E-state index contributed by atoms with van der Waals surface area (Å²) in [5.41, 5.74) is 0.276. The fraction of sp³-hybridized carbons (Fsp3) is 0.524. The second-order valence-corrected chi connectivity index (χ2v) is 8.32. The highest BCUT2D eigenvalue weighted by atomic mass is 35.5. The molecular formula is C21H24ClN3O. The van der Waals surface area contributed by atoms with Crippen molar-refractivity contribution in [1.29, 1.82) is 5.26 Å². The predicted molar refractivity (Wildman–Crippen MR) is 101 cm³/mol. The third-order valence-electron chi connectivity index (χ3n) is 6.09. The number of rotatable bonds is 4. The lowest BCUT2D eigenvalue weighted by Crippen LogP contribution is -2.40. The molecule has 0 radical (unpaired) electrons. The van der Waals surface area contributed by atoms with E-state index >= 15 is 0 Å². The number of hydrogen-bond acceptors (Lipinski definition) is 3. The van der Waals surface area contributed by atoms with E-state index < -0.39 is 11.0 Å². The highest BCUT2D eigenvalue weighted by Crippen LogP contribution is 2.47. The molecule has 0 aliphatic heterocycles. The van der Waals surface area contributed by atoms with Gasteiger partial charge in [-0.1, -0.05) is 41.9 Å². The van der Waals surface area contributed by atoms with Crippen LogP contribution in [-0.2, 0) is 17.6 Å². The molecule has 26 heavy (non-hydrogen) atoms. The Kier molecular flexibility index (Phi) is 4.33. The molecule has 1 N–H and O–H groups in total. The van der Waals surface area contributed by atoms with Crippen LogP contribution in [0.4, 0.5) is 0 Å². The monoisotopic (exact) mass is 369 g/mol. The van der Waals surface area contributed by atoms with Gasteiger partial charge in [-0.25, -0.2) is 4.98 Å². The molecule has 1 aromatic heterocycles. The first-order valence-electron chi connectivity index (χ1n) is 9.40.